The molecule has 31 heavy (non-hydrogen) atoms. The van der Waals surface area contributed by atoms with Crippen molar-refractivity contribution in [3.8, 4) is 17.1 Å². The molecule has 1 aromatic carbocycles. The van der Waals surface area contributed by atoms with Crippen LogP contribution < -0.4 is 16.2 Å². The summed E-state index contributed by atoms with van der Waals surface area (Å²) in [7, 11) is 0. The standard InChI is InChI=1S/C17H13ClFN3O.C7H15N/c18-14-9-21-16(20)8-13(14)15-5-2-6-17(22-15)23-10-11-3-1-4-12(19)7-11;1-7(8)5-3-2-4-6-7/h1-9H,10H2,(H2,20,21);2-6,8H2,1H3. The average Bonchev–Trinajstić information content (AvgIpc) is 2.75. The second-order valence-electron chi connectivity index (χ2n) is 8.08. The van der Waals surface area contributed by atoms with Crippen molar-refractivity contribution in [2.24, 2.45) is 5.73 Å². The molecule has 0 aliphatic heterocycles. The number of hydrogen-bond donors (Lipinski definition) is 2. The van der Waals surface area contributed by atoms with E-state index in [1.807, 2.05) is 0 Å². The first kappa shape index (κ1) is 23.0. The molecule has 0 amide bonds. The molecule has 0 bridgehead atoms. The van der Waals surface area contributed by atoms with E-state index in [9.17, 15) is 4.39 Å². The Morgan fingerprint density at radius 3 is 2.52 bits per heavy atom. The summed E-state index contributed by atoms with van der Waals surface area (Å²) in [6.45, 7) is 2.38. The predicted octanol–water partition coefficient (Wildman–Crippen LogP) is 5.77. The molecule has 4 rings (SSSR count). The van der Waals surface area contributed by atoms with Crippen LogP contribution in [0.3, 0.4) is 0 Å². The van der Waals surface area contributed by atoms with E-state index in [1.54, 1.807) is 36.4 Å². The van der Waals surface area contributed by atoms with Crippen molar-refractivity contribution < 1.29 is 9.13 Å². The van der Waals surface area contributed by atoms with E-state index >= 15 is 0 Å². The number of ether oxygens (including phenoxy) is 1. The number of hydrogen-bond acceptors (Lipinski definition) is 5. The molecule has 2 heterocycles. The maximum atomic E-state index is 13.2. The minimum Gasteiger partial charge on any atom is -0.473 e. The van der Waals surface area contributed by atoms with Crippen LogP contribution in [-0.4, -0.2) is 15.5 Å². The third-order valence-electron chi connectivity index (χ3n) is 5.15. The maximum absolute atomic E-state index is 13.2. The van der Waals surface area contributed by atoms with Gasteiger partial charge in [-0.1, -0.05) is 49.1 Å². The molecule has 0 radical (unpaired) electrons. The quantitative estimate of drug-likeness (QED) is 0.535. The molecule has 5 nitrogen and oxygen atoms in total. The molecule has 164 valence electrons. The molecule has 1 aliphatic carbocycles. The van der Waals surface area contributed by atoms with Crippen LogP contribution in [0.2, 0.25) is 5.02 Å². The first-order chi connectivity index (χ1) is 14.8. The van der Waals surface area contributed by atoms with Crippen molar-refractivity contribution >= 4 is 17.4 Å². The lowest BCUT2D eigenvalue weighted by Crippen LogP contribution is -2.37. The summed E-state index contributed by atoms with van der Waals surface area (Å²) in [4.78, 5) is 8.32. The van der Waals surface area contributed by atoms with Crippen LogP contribution in [0.5, 0.6) is 5.88 Å². The molecule has 2 aromatic heterocycles. The molecule has 7 heteroatoms. The number of nitrogen functional groups attached to an aromatic ring is 1. The van der Waals surface area contributed by atoms with Crippen molar-refractivity contribution in [2.75, 3.05) is 5.73 Å². The fourth-order valence-corrected chi connectivity index (χ4v) is 3.64. The van der Waals surface area contributed by atoms with Crippen molar-refractivity contribution in [1.82, 2.24) is 9.97 Å². The zero-order valence-corrected chi connectivity index (χ0v) is 18.4. The highest BCUT2D eigenvalue weighted by Crippen LogP contribution is 2.28. The highest BCUT2D eigenvalue weighted by molar-refractivity contribution is 6.33. The molecular formula is C24H28ClFN4O. The third kappa shape index (κ3) is 7.19. The Hall–Kier alpha value is -2.70. The molecule has 0 atom stereocenters. The number of anilines is 1. The SMILES string of the molecule is CC1(N)CCCCC1.Nc1cc(-c2cccc(OCc3cccc(F)c3)n2)c(Cl)cn1. The second kappa shape index (κ2) is 10.6. The number of halogens is 2. The monoisotopic (exact) mass is 442 g/mol. The first-order valence-corrected chi connectivity index (χ1v) is 10.7. The summed E-state index contributed by atoms with van der Waals surface area (Å²) in [5.41, 5.74) is 13.8. The molecular weight excluding hydrogens is 415 g/mol. The van der Waals surface area contributed by atoms with Gasteiger partial charge < -0.3 is 16.2 Å². The summed E-state index contributed by atoms with van der Waals surface area (Å²) in [5, 5.41) is 0.453. The largest absolute Gasteiger partial charge is 0.473 e. The fourth-order valence-electron chi connectivity index (χ4n) is 3.44. The van der Waals surface area contributed by atoms with Crippen molar-refractivity contribution in [1.29, 1.82) is 0 Å². The molecule has 0 spiro atoms. The van der Waals surface area contributed by atoms with E-state index in [-0.39, 0.29) is 18.0 Å². The maximum Gasteiger partial charge on any atom is 0.214 e. The van der Waals surface area contributed by atoms with Gasteiger partial charge in [0.15, 0.2) is 0 Å². The van der Waals surface area contributed by atoms with E-state index in [0.29, 0.717) is 28.0 Å². The van der Waals surface area contributed by atoms with E-state index in [0.717, 1.165) is 5.56 Å². The normalized spacial score (nSPS) is 15.0. The number of benzene rings is 1. The summed E-state index contributed by atoms with van der Waals surface area (Å²) < 4.78 is 18.8. The third-order valence-corrected chi connectivity index (χ3v) is 5.45. The number of rotatable bonds is 4. The first-order valence-electron chi connectivity index (χ1n) is 10.4. The number of aromatic nitrogens is 2. The topological polar surface area (TPSA) is 87.0 Å². The molecule has 0 unspecified atom stereocenters. The molecule has 1 saturated carbocycles. The van der Waals surface area contributed by atoms with Crippen molar-refractivity contribution in [3.05, 3.63) is 71.1 Å². The van der Waals surface area contributed by atoms with Crippen LogP contribution in [0.15, 0.2) is 54.7 Å². The summed E-state index contributed by atoms with van der Waals surface area (Å²) in [6.07, 6.45) is 8.01. The van der Waals surface area contributed by atoms with Crippen LogP contribution in [0, 0.1) is 5.82 Å². The van der Waals surface area contributed by atoms with Gasteiger partial charge in [-0.15, -0.1) is 0 Å². The molecule has 1 aliphatic rings. The van der Waals surface area contributed by atoms with Gasteiger partial charge in [0.1, 0.15) is 18.2 Å². The van der Waals surface area contributed by atoms with Gasteiger partial charge in [-0.2, -0.15) is 0 Å². The van der Waals surface area contributed by atoms with Crippen molar-refractivity contribution in [2.45, 2.75) is 51.2 Å². The minimum absolute atomic E-state index is 0.179. The van der Waals surface area contributed by atoms with E-state index in [1.165, 1.54) is 50.4 Å². The van der Waals surface area contributed by atoms with Crippen LogP contribution in [-0.2, 0) is 6.61 Å². The van der Waals surface area contributed by atoms with E-state index in [4.69, 9.17) is 27.8 Å². The molecule has 3 aromatic rings. The molecule has 1 fully saturated rings. The average molecular weight is 443 g/mol. The Labute approximate surface area is 187 Å². The summed E-state index contributed by atoms with van der Waals surface area (Å²) in [6, 6.07) is 13.2. The Bertz CT molecular complexity index is 1000. The van der Waals surface area contributed by atoms with Gasteiger partial charge in [0.05, 0.1) is 10.7 Å². The van der Waals surface area contributed by atoms with Crippen LogP contribution in [0.25, 0.3) is 11.3 Å². The van der Waals surface area contributed by atoms with Crippen LogP contribution >= 0.6 is 11.6 Å². The van der Waals surface area contributed by atoms with Crippen LogP contribution in [0.1, 0.15) is 44.6 Å². The number of nitrogens with zero attached hydrogens (tertiary/aromatic N) is 2. The number of pyridine rings is 2. The molecule has 0 saturated heterocycles. The minimum atomic E-state index is -0.299. The summed E-state index contributed by atoms with van der Waals surface area (Å²) in [5.74, 6) is 0.474. The highest BCUT2D eigenvalue weighted by atomic mass is 35.5. The van der Waals surface area contributed by atoms with Crippen LogP contribution in [0.4, 0.5) is 10.2 Å². The van der Waals surface area contributed by atoms with E-state index in [2.05, 4.69) is 16.9 Å². The highest BCUT2D eigenvalue weighted by Gasteiger charge is 2.20. The van der Waals surface area contributed by atoms with Gasteiger partial charge >= 0.3 is 0 Å². The zero-order chi connectivity index (χ0) is 22.3. The Balaban J connectivity index is 0.000000287. The smallest absolute Gasteiger partial charge is 0.214 e. The summed E-state index contributed by atoms with van der Waals surface area (Å²) >= 11 is 6.13. The lowest BCUT2D eigenvalue weighted by atomic mass is 9.84. The van der Waals surface area contributed by atoms with Gasteiger partial charge in [0, 0.05) is 23.4 Å². The molecule has 4 N–H and O–H groups in total. The Kier molecular flexibility index (Phi) is 7.82. The lowest BCUT2D eigenvalue weighted by molar-refractivity contribution is 0.293. The fraction of sp³-hybridized carbons (Fsp3) is 0.333. The zero-order valence-electron chi connectivity index (χ0n) is 17.7. The Morgan fingerprint density at radius 2 is 1.84 bits per heavy atom. The second-order valence-corrected chi connectivity index (χ2v) is 8.49. The van der Waals surface area contributed by atoms with Crippen molar-refractivity contribution in [3.63, 3.8) is 0 Å². The lowest BCUT2D eigenvalue weighted by Gasteiger charge is -2.28. The van der Waals surface area contributed by atoms with E-state index < -0.39 is 0 Å². The predicted molar refractivity (Wildman–Crippen MR) is 123 cm³/mol. The van der Waals surface area contributed by atoms with Gasteiger partial charge in [0.2, 0.25) is 5.88 Å². The Morgan fingerprint density at radius 1 is 1.10 bits per heavy atom. The van der Waals surface area contributed by atoms with Gasteiger partial charge in [-0.25, -0.2) is 14.4 Å². The van der Waals surface area contributed by atoms with Gasteiger partial charge in [-0.05, 0) is 49.6 Å². The van der Waals surface area contributed by atoms with Gasteiger partial charge in [-0.3, -0.25) is 0 Å². The number of nitrogens with two attached hydrogens (primary N) is 2. The van der Waals surface area contributed by atoms with Gasteiger partial charge in [0.25, 0.3) is 0 Å².